The molecule has 0 aliphatic rings. The first kappa shape index (κ1) is 18.1. The van der Waals surface area contributed by atoms with Gasteiger partial charge in [-0.2, -0.15) is 0 Å². The van der Waals surface area contributed by atoms with E-state index in [1.807, 2.05) is 18.2 Å². The molecule has 0 radical (unpaired) electrons. The molecule has 2 heterocycles. The molecular weight excluding hydrogens is 375 g/mol. The van der Waals surface area contributed by atoms with Crippen LogP contribution in [0.15, 0.2) is 91.4 Å². The Kier molecular flexibility index (Phi) is 4.48. The lowest BCUT2D eigenvalue weighted by Crippen LogP contribution is -1.98. The van der Waals surface area contributed by atoms with E-state index in [9.17, 15) is 4.39 Å². The van der Waals surface area contributed by atoms with Gasteiger partial charge in [0, 0.05) is 23.1 Å². The lowest BCUT2D eigenvalue weighted by molar-refractivity contribution is 0.628. The summed E-state index contributed by atoms with van der Waals surface area (Å²) in [5, 5.41) is 4.24. The number of rotatable bonds is 4. The number of hydrogen-bond donors (Lipinski definition) is 1. The first-order valence-electron chi connectivity index (χ1n) is 9.70. The summed E-state index contributed by atoms with van der Waals surface area (Å²) in [6.45, 7) is 2.07. The lowest BCUT2D eigenvalue weighted by atomic mass is 10.1. The Morgan fingerprint density at radius 2 is 1.57 bits per heavy atom. The molecule has 2 aromatic heterocycles. The second kappa shape index (κ2) is 7.44. The van der Waals surface area contributed by atoms with Gasteiger partial charge in [-0.3, -0.25) is 0 Å². The quantitative estimate of drug-likeness (QED) is 0.390. The van der Waals surface area contributed by atoms with Gasteiger partial charge in [-0.15, -0.1) is 0 Å². The van der Waals surface area contributed by atoms with Crippen molar-refractivity contribution in [3.8, 4) is 16.8 Å². The van der Waals surface area contributed by atoms with Crippen LogP contribution in [0.2, 0.25) is 0 Å². The lowest BCUT2D eigenvalue weighted by Gasteiger charge is -2.09. The molecule has 0 fully saturated rings. The first-order chi connectivity index (χ1) is 14.7. The van der Waals surface area contributed by atoms with E-state index >= 15 is 0 Å². The number of benzene rings is 3. The van der Waals surface area contributed by atoms with Gasteiger partial charge in [0.1, 0.15) is 18.0 Å². The summed E-state index contributed by atoms with van der Waals surface area (Å²) < 4.78 is 15.4. The van der Waals surface area contributed by atoms with E-state index in [1.165, 1.54) is 17.7 Å². The van der Waals surface area contributed by atoms with Gasteiger partial charge < -0.3 is 9.88 Å². The van der Waals surface area contributed by atoms with Crippen LogP contribution in [-0.4, -0.2) is 14.5 Å². The highest BCUT2D eigenvalue weighted by molar-refractivity contribution is 6.02. The van der Waals surface area contributed by atoms with Crippen LogP contribution in [0.4, 0.5) is 15.9 Å². The van der Waals surface area contributed by atoms with E-state index in [-0.39, 0.29) is 5.82 Å². The van der Waals surface area contributed by atoms with Gasteiger partial charge in [0.05, 0.1) is 5.39 Å². The largest absolute Gasteiger partial charge is 0.340 e. The molecule has 30 heavy (non-hydrogen) atoms. The molecule has 0 unspecified atom stereocenters. The number of halogens is 1. The number of aromatic nitrogens is 3. The Labute approximate surface area is 173 Å². The summed E-state index contributed by atoms with van der Waals surface area (Å²) in [4.78, 5) is 9.10. The zero-order valence-corrected chi connectivity index (χ0v) is 16.4. The monoisotopic (exact) mass is 394 g/mol. The van der Waals surface area contributed by atoms with E-state index in [0.29, 0.717) is 5.82 Å². The zero-order valence-electron chi connectivity index (χ0n) is 16.4. The van der Waals surface area contributed by atoms with Crippen molar-refractivity contribution in [3.05, 3.63) is 103 Å². The van der Waals surface area contributed by atoms with Crippen LogP contribution >= 0.6 is 0 Å². The van der Waals surface area contributed by atoms with Gasteiger partial charge >= 0.3 is 0 Å². The summed E-state index contributed by atoms with van der Waals surface area (Å²) in [7, 11) is 0. The van der Waals surface area contributed by atoms with Gasteiger partial charge in [0.2, 0.25) is 0 Å². The van der Waals surface area contributed by atoms with Crippen LogP contribution in [0.3, 0.4) is 0 Å². The van der Waals surface area contributed by atoms with E-state index in [4.69, 9.17) is 0 Å². The molecule has 5 rings (SSSR count). The second-order valence-corrected chi connectivity index (χ2v) is 7.17. The number of anilines is 2. The van der Waals surface area contributed by atoms with Gasteiger partial charge in [0.15, 0.2) is 5.65 Å². The smallest absolute Gasteiger partial charge is 0.150 e. The molecule has 1 N–H and O–H groups in total. The fourth-order valence-electron chi connectivity index (χ4n) is 3.57. The molecule has 5 aromatic rings. The van der Waals surface area contributed by atoms with E-state index in [1.54, 1.807) is 18.5 Å². The van der Waals surface area contributed by atoms with Crippen molar-refractivity contribution in [2.24, 2.45) is 0 Å². The molecular formula is C25H19FN4. The predicted octanol–water partition coefficient (Wildman–Crippen LogP) is 6.28. The molecule has 0 atom stereocenters. The van der Waals surface area contributed by atoms with Gasteiger partial charge in [-0.1, -0.05) is 48.0 Å². The van der Waals surface area contributed by atoms with Crippen LogP contribution in [0.5, 0.6) is 0 Å². The minimum Gasteiger partial charge on any atom is -0.340 e. The Bertz CT molecular complexity index is 1310. The standard InChI is InChI=1S/C25H19FN4/c1-17-7-13-21(14-8-17)30-15-22(18-5-3-2-4-6-18)23-24(27-16-28-25(23)30)29-20-11-9-19(26)10-12-20/h2-16H,1H3,(H,27,28,29). The minimum atomic E-state index is -0.274. The van der Waals surface area contributed by atoms with E-state index in [0.717, 1.165) is 33.5 Å². The topological polar surface area (TPSA) is 42.7 Å². The Balaban J connectivity index is 1.73. The molecule has 4 nitrogen and oxygen atoms in total. The Morgan fingerprint density at radius 1 is 0.833 bits per heavy atom. The average molecular weight is 394 g/mol. The maximum atomic E-state index is 13.3. The van der Waals surface area contributed by atoms with Crippen molar-refractivity contribution >= 4 is 22.5 Å². The predicted molar refractivity (Wildman–Crippen MR) is 119 cm³/mol. The number of nitrogens with zero attached hydrogens (tertiary/aromatic N) is 3. The molecule has 0 saturated heterocycles. The fraction of sp³-hybridized carbons (Fsp3) is 0.0400. The zero-order chi connectivity index (χ0) is 20.5. The SMILES string of the molecule is Cc1ccc(-n2cc(-c3ccccc3)c3c(Nc4ccc(F)cc4)ncnc32)cc1. The van der Waals surface area contributed by atoms with Gasteiger partial charge in [-0.05, 0) is 48.9 Å². The van der Waals surface area contributed by atoms with Crippen molar-refractivity contribution < 1.29 is 4.39 Å². The average Bonchev–Trinajstić information content (AvgIpc) is 3.17. The highest BCUT2D eigenvalue weighted by atomic mass is 19.1. The molecule has 0 amide bonds. The highest BCUT2D eigenvalue weighted by Crippen LogP contribution is 2.36. The maximum absolute atomic E-state index is 13.3. The highest BCUT2D eigenvalue weighted by Gasteiger charge is 2.17. The fourth-order valence-corrected chi connectivity index (χ4v) is 3.57. The third-order valence-corrected chi connectivity index (χ3v) is 5.09. The van der Waals surface area contributed by atoms with Crippen LogP contribution in [-0.2, 0) is 0 Å². The third-order valence-electron chi connectivity index (χ3n) is 5.09. The summed E-state index contributed by atoms with van der Waals surface area (Å²) in [6.07, 6.45) is 3.64. The van der Waals surface area contributed by atoms with Crippen LogP contribution in [0.25, 0.3) is 27.8 Å². The molecule has 0 aliphatic carbocycles. The first-order valence-corrected chi connectivity index (χ1v) is 9.70. The van der Waals surface area contributed by atoms with Crippen molar-refractivity contribution in [2.75, 3.05) is 5.32 Å². The number of hydrogen-bond acceptors (Lipinski definition) is 3. The molecule has 0 bridgehead atoms. The van der Waals surface area contributed by atoms with Crippen molar-refractivity contribution in [1.82, 2.24) is 14.5 Å². The van der Waals surface area contributed by atoms with Crippen molar-refractivity contribution in [1.29, 1.82) is 0 Å². The van der Waals surface area contributed by atoms with Gasteiger partial charge in [-0.25, -0.2) is 14.4 Å². The van der Waals surface area contributed by atoms with E-state index < -0.39 is 0 Å². The maximum Gasteiger partial charge on any atom is 0.150 e. The van der Waals surface area contributed by atoms with Gasteiger partial charge in [0.25, 0.3) is 0 Å². The number of aryl methyl sites for hydroxylation is 1. The summed E-state index contributed by atoms with van der Waals surface area (Å²) in [6, 6.07) is 24.8. The molecule has 5 heteroatoms. The normalized spacial score (nSPS) is 11.0. The summed E-state index contributed by atoms with van der Waals surface area (Å²) >= 11 is 0. The minimum absolute atomic E-state index is 0.274. The summed E-state index contributed by atoms with van der Waals surface area (Å²) in [5.74, 6) is 0.403. The Hall–Kier alpha value is -3.99. The molecule has 0 aliphatic heterocycles. The molecule has 146 valence electrons. The van der Waals surface area contributed by atoms with Crippen LogP contribution in [0, 0.1) is 12.7 Å². The molecule has 0 spiro atoms. The third kappa shape index (κ3) is 3.31. The van der Waals surface area contributed by atoms with Crippen LogP contribution in [0.1, 0.15) is 5.56 Å². The Morgan fingerprint density at radius 3 is 2.30 bits per heavy atom. The number of nitrogens with one attached hydrogen (secondary N) is 1. The number of fused-ring (bicyclic) bond motifs is 1. The van der Waals surface area contributed by atoms with E-state index in [2.05, 4.69) is 69.4 Å². The van der Waals surface area contributed by atoms with Crippen LogP contribution < -0.4 is 5.32 Å². The van der Waals surface area contributed by atoms with Crippen molar-refractivity contribution in [3.63, 3.8) is 0 Å². The molecule has 3 aromatic carbocycles. The molecule has 0 saturated carbocycles. The van der Waals surface area contributed by atoms with Crippen molar-refractivity contribution in [2.45, 2.75) is 6.92 Å². The summed E-state index contributed by atoms with van der Waals surface area (Å²) in [5.41, 5.74) is 5.89. The second-order valence-electron chi connectivity index (χ2n) is 7.17.